The average molecular weight is 289 g/mol. The Kier molecular flexibility index (Phi) is 3.90. The lowest BCUT2D eigenvalue weighted by atomic mass is 10.1. The van der Waals surface area contributed by atoms with Crippen LogP contribution in [0.3, 0.4) is 0 Å². The van der Waals surface area contributed by atoms with Crippen molar-refractivity contribution in [3.8, 4) is 5.75 Å². The topological polar surface area (TPSA) is 34.1 Å². The van der Waals surface area contributed by atoms with E-state index in [1.807, 2.05) is 24.4 Å². The maximum absolute atomic E-state index is 6.17. The summed E-state index contributed by atoms with van der Waals surface area (Å²) in [6, 6.07) is 8.24. The van der Waals surface area contributed by atoms with Gasteiger partial charge in [0.2, 0.25) is 0 Å². The van der Waals surface area contributed by atoms with E-state index < -0.39 is 0 Å². The average Bonchev–Trinajstić information content (AvgIpc) is 2.93. The number of hydrogen-bond donors (Lipinski definition) is 1. The van der Waals surface area contributed by atoms with Gasteiger partial charge in [0.05, 0.1) is 6.61 Å². The normalized spacial score (nSPS) is 14.7. The van der Waals surface area contributed by atoms with Crippen molar-refractivity contribution in [3.05, 3.63) is 58.4 Å². The van der Waals surface area contributed by atoms with Crippen LogP contribution < -0.4 is 10.1 Å². The second kappa shape index (κ2) is 5.81. The molecule has 0 bridgehead atoms. The van der Waals surface area contributed by atoms with Gasteiger partial charge in [0.15, 0.2) is 0 Å². The summed E-state index contributed by atoms with van der Waals surface area (Å²) >= 11 is 6.17. The van der Waals surface area contributed by atoms with Crippen LogP contribution in [0.2, 0.25) is 5.02 Å². The number of fused-ring (bicyclic) bond motifs is 1. The van der Waals surface area contributed by atoms with E-state index in [0.29, 0.717) is 0 Å². The zero-order valence-electron chi connectivity index (χ0n) is 11.4. The molecule has 0 spiro atoms. The number of nitrogens with zero attached hydrogens (tertiary/aromatic N) is 1. The van der Waals surface area contributed by atoms with Gasteiger partial charge in [0.25, 0.3) is 0 Å². The van der Waals surface area contributed by atoms with E-state index in [2.05, 4.69) is 23.3 Å². The highest BCUT2D eigenvalue weighted by atomic mass is 35.5. The van der Waals surface area contributed by atoms with Crippen LogP contribution in [-0.4, -0.2) is 11.6 Å². The quantitative estimate of drug-likeness (QED) is 0.935. The molecular weight excluding hydrogens is 272 g/mol. The minimum atomic E-state index is 0.236. The molecule has 0 radical (unpaired) electrons. The summed E-state index contributed by atoms with van der Waals surface area (Å²) in [4.78, 5) is 4.15. The van der Waals surface area contributed by atoms with Gasteiger partial charge in [-0.1, -0.05) is 17.7 Å². The third-order valence-electron chi connectivity index (χ3n) is 3.61. The molecule has 0 amide bonds. The van der Waals surface area contributed by atoms with Gasteiger partial charge < -0.3 is 10.1 Å². The van der Waals surface area contributed by atoms with Crippen LogP contribution in [0.5, 0.6) is 5.75 Å². The number of rotatable bonds is 4. The molecule has 0 saturated heterocycles. The molecule has 2 heterocycles. The fourth-order valence-electron chi connectivity index (χ4n) is 2.49. The molecule has 1 aliphatic rings. The summed E-state index contributed by atoms with van der Waals surface area (Å²) < 4.78 is 5.71. The Morgan fingerprint density at radius 1 is 1.45 bits per heavy atom. The third kappa shape index (κ3) is 2.79. The van der Waals surface area contributed by atoms with E-state index in [-0.39, 0.29) is 6.04 Å². The Hall–Kier alpha value is -1.58. The van der Waals surface area contributed by atoms with Crippen molar-refractivity contribution in [1.29, 1.82) is 0 Å². The molecule has 2 aromatic rings. The lowest BCUT2D eigenvalue weighted by Crippen LogP contribution is -2.18. The van der Waals surface area contributed by atoms with Gasteiger partial charge in [-0.25, -0.2) is 0 Å². The van der Waals surface area contributed by atoms with Crippen molar-refractivity contribution >= 4 is 11.6 Å². The zero-order chi connectivity index (χ0) is 13.9. The van der Waals surface area contributed by atoms with Gasteiger partial charge in [-0.05, 0) is 36.2 Å². The second-order valence-electron chi connectivity index (χ2n) is 5.04. The first-order chi connectivity index (χ1) is 9.74. The van der Waals surface area contributed by atoms with Crippen molar-refractivity contribution in [1.82, 2.24) is 10.3 Å². The highest BCUT2D eigenvalue weighted by molar-refractivity contribution is 6.30. The second-order valence-corrected chi connectivity index (χ2v) is 5.48. The first-order valence-corrected chi connectivity index (χ1v) is 7.19. The Morgan fingerprint density at radius 3 is 3.15 bits per heavy atom. The number of pyridine rings is 1. The lowest BCUT2D eigenvalue weighted by molar-refractivity contribution is 0.351. The van der Waals surface area contributed by atoms with Crippen LogP contribution in [0.4, 0.5) is 0 Å². The maximum Gasteiger partial charge on any atom is 0.127 e. The van der Waals surface area contributed by atoms with E-state index in [1.54, 1.807) is 6.20 Å². The molecular formula is C16H17ClN2O. The van der Waals surface area contributed by atoms with Gasteiger partial charge in [-0.15, -0.1) is 0 Å². The Labute approximate surface area is 123 Å². The van der Waals surface area contributed by atoms with Crippen molar-refractivity contribution < 1.29 is 4.74 Å². The van der Waals surface area contributed by atoms with Crippen molar-refractivity contribution in [2.75, 3.05) is 6.61 Å². The SMILES string of the molecule is C[C@@H](NCc1cc(Cl)cc2c1OCC2)c1cccnc1. The van der Waals surface area contributed by atoms with Gasteiger partial charge in [-0.2, -0.15) is 0 Å². The van der Waals surface area contributed by atoms with Crippen LogP contribution in [-0.2, 0) is 13.0 Å². The molecule has 0 saturated carbocycles. The molecule has 0 fully saturated rings. The van der Waals surface area contributed by atoms with Crippen molar-refractivity contribution in [3.63, 3.8) is 0 Å². The number of aromatic nitrogens is 1. The highest BCUT2D eigenvalue weighted by Gasteiger charge is 2.18. The number of nitrogens with one attached hydrogen (secondary N) is 1. The van der Waals surface area contributed by atoms with Crippen LogP contribution in [0.15, 0.2) is 36.7 Å². The molecule has 3 rings (SSSR count). The monoisotopic (exact) mass is 288 g/mol. The molecule has 104 valence electrons. The predicted molar refractivity (Wildman–Crippen MR) is 80.1 cm³/mol. The summed E-state index contributed by atoms with van der Waals surface area (Å²) in [5, 5.41) is 4.27. The Balaban J connectivity index is 1.73. The molecule has 1 aromatic heterocycles. The predicted octanol–water partition coefficient (Wildman–Crippen LogP) is 3.52. The van der Waals surface area contributed by atoms with E-state index in [4.69, 9.17) is 16.3 Å². The number of halogens is 1. The summed E-state index contributed by atoms with van der Waals surface area (Å²) in [6.45, 7) is 3.61. The molecule has 1 atom stereocenters. The number of ether oxygens (including phenoxy) is 1. The van der Waals surface area contributed by atoms with E-state index in [9.17, 15) is 0 Å². The fraction of sp³-hybridized carbons (Fsp3) is 0.312. The summed E-state index contributed by atoms with van der Waals surface area (Å²) in [6.07, 6.45) is 4.62. The van der Waals surface area contributed by atoms with E-state index in [1.165, 1.54) is 11.1 Å². The van der Waals surface area contributed by atoms with Crippen molar-refractivity contribution in [2.24, 2.45) is 0 Å². The Morgan fingerprint density at radius 2 is 2.35 bits per heavy atom. The minimum absolute atomic E-state index is 0.236. The third-order valence-corrected chi connectivity index (χ3v) is 3.83. The first kappa shape index (κ1) is 13.4. The summed E-state index contributed by atoms with van der Waals surface area (Å²) in [7, 11) is 0. The van der Waals surface area contributed by atoms with Gasteiger partial charge in [0.1, 0.15) is 5.75 Å². The molecule has 4 heteroatoms. The Bertz CT molecular complexity index is 601. The molecule has 1 aliphatic heterocycles. The van der Waals surface area contributed by atoms with E-state index >= 15 is 0 Å². The number of benzene rings is 1. The molecule has 1 N–H and O–H groups in total. The van der Waals surface area contributed by atoms with Crippen LogP contribution in [0, 0.1) is 0 Å². The van der Waals surface area contributed by atoms with Gasteiger partial charge in [-0.3, -0.25) is 4.98 Å². The zero-order valence-corrected chi connectivity index (χ0v) is 12.2. The molecule has 1 aromatic carbocycles. The summed E-state index contributed by atoms with van der Waals surface area (Å²) in [5.41, 5.74) is 3.51. The molecule has 0 unspecified atom stereocenters. The maximum atomic E-state index is 6.17. The van der Waals surface area contributed by atoms with E-state index in [0.717, 1.165) is 35.9 Å². The van der Waals surface area contributed by atoms with Crippen LogP contribution in [0.1, 0.15) is 29.7 Å². The van der Waals surface area contributed by atoms with Gasteiger partial charge >= 0.3 is 0 Å². The van der Waals surface area contributed by atoms with Gasteiger partial charge in [0, 0.05) is 42.0 Å². The summed E-state index contributed by atoms with van der Waals surface area (Å²) in [5.74, 6) is 1.00. The fourth-order valence-corrected chi connectivity index (χ4v) is 2.75. The first-order valence-electron chi connectivity index (χ1n) is 6.81. The number of hydrogen-bond acceptors (Lipinski definition) is 3. The standard InChI is InChI=1S/C16H17ClN2O/c1-11(13-3-2-5-18-9-13)19-10-14-8-15(17)7-12-4-6-20-16(12)14/h2-3,5,7-9,11,19H,4,6,10H2,1H3/t11-/m1/s1. The highest BCUT2D eigenvalue weighted by Crippen LogP contribution is 2.33. The van der Waals surface area contributed by atoms with Crippen molar-refractivity contribution in [2.45, 2.75) is 25.9 Å². The van der Waals surface area contributed by atoms with Crippen LogP contribution >= 0.6 is 11.6 Å². The smallest absolute Gasteiger partial charge is 0.127 e. The minimum Gasteiger partial charge on any atom is -0.493 e. The van der Waals surface area contributed by atoms with Crippen LogP contribution in [0.25, 0.3) is 0 Å². The largest absolute Gasteiger partial charge is 0.493 e. The molecule has 0 aliphatic carbocycles. The molecule has 20 heavy (non-hydrogen) atoms. The lowest BCUT2D eigenvalue weighted by Gasteiger charge is -2.15. The molecule has 3 nitrogen and oxygen atoms in total.